The Morgan fingerprint density at radius 3 is 2.89 bits per heavy atom. The van der Waals surface area contributed by atoms with Gasteiger partial charge in [-0.15, -0.1) is 0 Å². The average Bonchev–Trinajstić information content (AvgIpc) is 2.41. The Morgan fingerprint density at radius 1 is 1.42 bits per heavy atom. The molecule has 0 bridgehead atoms. The zero-order chi connectivity index (χ0) is 13.8. The fraction of sp³-hybridized carbons (Fsp3) is 0.154. The third kappa shape index (κ3) is 3.51. The minimum absolute atomic E-state index is 0.255. The van der Waals surface area contributed by atoms with E-state index in [1.807, 2.05) is 12.1 Å². The highest BCUT2D eigenvalue weighted by molar-refractivity contribution is 9.10. The standard InChI is InChI=1S/C13H12BrClFN3/c14-10-2-1-5-18-13(10)12(19-17)7-8-6-9(16)3-4-11(8)15/h1-6,12,19H,7,17H2. The summed E-state index contributed by atoms with van der Waals surface area (Å²) in [5.74, 6) is 5.24. The molecule has 0 aliphatic heterocycles. The van der Waals surface area contributed by atoms with Crippen molar-refractivity contribution in [3.05, 3.63) is 63.1 Å². The van der Waals surface area contributed by atoms with Crippen LogP contribution in [0.5, 0.6) is 0 Å². The van der Waals surface area contributed by atoms with Crippen LogP contribution in [0.1, 0.15) is 17.3 Å². The van der Waals surface area contributed by atoms with Crippen LogP contribution in [0, 0.1) is 5.82 Å². The number of benzene rings is 1. The number of rotatable bonds is 4. The summed E-state index contributed by atoms with van der Waals surface area (Å²) < 4.78 is 14.1. The number of pyridine rings is 1. The molecule has 1 atom stereocenters. The Kier molecular flexibility index (Phi) is 4.87. The van der Waals surface area contributed by atoms with Gasteiger partial charge in [0.25, 0.3) is 0 Å². The molecule has 0 aliphatic rings. The molecule has 0 saturated carbocycles. The summed E-state index contributed by atoms with van der Waals surface area (Å²) in [5, 5.41) is 0.508. The molecule has 1 aromatic carbocycles. The predicted molar refractivity (Wildman–Crippen MR) is 77.1 cm³/mol. The van der Waals surface area contributed by atoms with Gasteiger partial charge in [0.05, 0.1) is 11.7 Å². The van der Waals surface area contributed by atoms with Crippen molar-refractivity contribution in [1.29, 1.82) is 0 Å². The normalized spacial score (nSPS) is 12.4. The van der Waals surface area contributed by atoms with Gasteiger partial charge in [-0.3, -0.25) is 16.3 Å². The largest absolute Gasteiger partial charge is 0.271 e. The fourth-order valence-electron chi connectivity index (χ4n) is 1.81. The molecule has 3 nitrogen and oxygen atoms in total. The van der Waals surface area contributed by atoms with Crippen molar-refractivity contribution in [2.45, 2.75) is 12.5 Å². The highest BCUT2D eigenvalue weighted by atomic mass is 79.9. The molecule has 19 heavy (non-hydrogen) atoms. The Morgan fingerprint density at radius 2 is 2.21 bits per heavy atom. The number of nitrogens with two attached hydrogens (primary N) is 1. The number of hydrogen-bond acceptors (Lipinski definition) is 3. The van der Waals surface area contributed by atoms with E-state index in [2.05, 4.69) is 26.3 Å². The molecule has 1 unspecified atom stereocenters. The van der Waals surface area contributed by atoms with Gasteiger partial charge < -0.3 is 0 Å². The molecule has 1 aromatic heterocycles. The maximum atomic E-state index is 13.2. The summed E-state index contributed by atoms with van der Waals surface area (Å²) >= 11 is 9.48. The average molecular weight is 345 g/mol. The minimum atomic E-state index is -0.324. The molecule has 0 fully saturated rings. The van der Waals surface area contributed by atoms with E-state index in [1.54, 1.807) is 6.20 Å². The Hall–Kier alpha value is -1.01. The molecule has 2 aromatic rings. The number of hydrogen-bond donors (Lipinski definition) is 2. The van der Waals surface area contributed by atoms with E-state index < -0.39 is 0 Å². The lowest BCUT2D eigenvalue weighted by atomic mass is 10.0. The molecule has 100 valence electrons. The van der Waals surface area contributed by atoms with Crippen molar-refractivity contribution < 1.29 is 4.39 Å². The summed E-state index contributed by atoms with van der Waals surface area (Å²) in [7, 11) is 0. The second kappa shape index (κ2) is 6.43. The third-order valence-electron chi connectivity index (χ3n) is 2.75. The van der Waals surface area contributed by atoms with Crippen LogP contribution in [0.4, 0.5) is 4.39 Å². The van der Waals surface area contributed by atoms with Gasteiger partial charge in [-0.1, -0.05) is 11.6 Å². The second-order valence-corrected chi connectivity index (χ2v) is 5.29. The van der Waals surface area contributed by atoms with Crippen LogP contribution < -0.4 is 11.3 Å². The van der Waals surface area contributed by atoms with Gasteiger partial charge in [0.1, 0.15) is 5.82 Å². The van der Waals surface area contributed by atoms with Gasteiger partial charge in [0, 0.05) is 15.7 Å². The first kappa shape index (κ1) is 14.4. The van der Waals surface area contributed by atoms with Crippen LogP contribution in [0.2, 0.25) is 5.02 Å². The van der Waals surface area contributed by atoms with Crippen LogP contribution in [0.15, 0.2) is 41.0 Å². The summed E-state index contributed by atoms with van der Waals surface area (Å²) in [6.45, 7) is 0. The van der Waals surface area contributed by atoms with Crippen molar-refractivity contribution >= 4 is 27.5 Å². The van der Waals surface area contributed by atoms with Crippen molar-refractivity contribution in [2.75, 3.05) is 0 Å². The predicted octanol–water partition coefficient (Wildman–Crippen LogP) is 3.38. The number of nitrogens with zero attached hydrogens (tertiary/aromatic N) is 1. The van der Waals surface area contributed by atoms with E-state index in [9.17, 15) is 4.39 Å². The quantitative estimate of drug-likeness (QED) is 0.660. The fourth-order valence-corrected chi connectivity index (χ4v) is 2.53. The van der Waals surface area contributed by atoms with Crippen LogP contribution in [-0.4, -0.2) is 4.98 Å². The van der Waals surface area contributed by atoms with Crippen LogP contribution >= 0.6 is 27.5 Å². The van der Waals surface area contributed by atoms with Gasteiger partial charge in [-0.05, 0) is 58.2 Å². The van der Waals surface area contributed by atoms with E-state index in [4.69, 9.17) is 17.4 Å². The lowest BCUT2D eigenvalue weighted by molar-refractivity contribution is 0.533. The second-order valence-electron chi connectivity index (χ2n) is 4.03. The van der Waals surface area contributed by atoms with Crippen LogP contribution in [0.25, 0.3) is 0 Å². The smallest absolute Gasteiger partial charge is 0.123 e. The van der Waals surface area contributed by atoms with E-state index in [1.165, 1.54) is 18.2 Å². The molecule has 0 spiro atoms. The zero-order valence-corrected chi connectivity index (χ0v) is 12.2. The summed E-state index contributed by atoms with van der Waals surface area (Å²) in [4.78, 5) is 4.27. The zero-order valence-electron chi connectivity index (χ0n) is 9.91. The van der Waals surface area contributed by atoms with Crippen LogP contribution in [-0.2, 0) is 6.42 Å². The highest BCUT2D eigenvalue weighted by Gasteiger charge is 2.16. The monoisotopic (exact) mass is 343 g/mol. The maximum Gasteiger partial charge on any atom is 0.123 e. The van der Waals surface area contributed by atoms with E-state index >= 15 is 0 Å². The molecule has 0 amide bonds. The summed E-state index contributed by atoms with van der Waals surface area (Å²) in [5.41, 5.74) is 4.12. The summed E-state index contributed by atoms with van der Waals surface area (Å²) in [6.07, 6.45) is 2.13. The molecule has 6 heteroatoms. The lowest BCUT2D eigenvalue weighted by Crippen LogP contribution is -2.30. The minimum Gasteiger partial charge on any atom is -0.271 e. The molecular weight excluding hydrogens is 333 g/mol. The van der Waals surface area contributed by atoms with Gasteiger partial charge in [0.2, 0.25) is 0 Å². The van der Waals surface area contributed by atoms with Crippen molar-refractivity contribution in [3.63, 3.8) is 0 Å². The van der Waals surface area contributed by atoms with E-state index in [0.717, 1.165) is 10.2 Å². The first-order valence-corrected chi connectivity index (χ1v) is 6.79. The van der Waals surface area contributed by atoms with Gasteiger partial charge in [-0.2, -0.15) is 0 Å². The molecule has 1 heterocycles. The molecule has 0 radical (unpaired) electrons. The Bertz CT molecular complexity index is 580. The number of hydrazine groups is 1. The molecule has 3 N–H and O–H groups in total. The van der Waals surface area contributed by atoms with Crippen molar-refractivity contribution in [3.8, 4) is 0 Å². The number of halogens is 3. The first-order valence-electron chi connectivity index (χ1n) is 5.62. The van der Waals surface area contributed by atoms with E-state index in [-0.39, 0.29) is 11.9 Å². The van der Waals surface area contributed by atoms with Gasteiger partial charge in [-0.25, -0.2) is 4.39 Å². The third-order valence-corrected chi connectivity index (χ3v) is 3.79. The highest BCUT2D eigenvalue weighted by Crippen LogP contribution is 2.26. The number of nitrogens with one attached hydrogen (secondary N) is 1. The maximum absolute atomic E-state index is 13.2. The molecule has 0 saturated heterocycles. The van der Waals surface area contributed by atoms with Crippen molar-refractivity contribution in [1.82, 2.24) is 10.4 Å². The Labute approximate surface area is 124 Å². The van der Waals surface area contributed by atoms with Gasteiger partial charge >= 0.3 is 0 Å². The summed E-state index contributed by atoms with van der Waals surface area (Å²) in [6, 6.07) is 7.70. The van der Waals surface area contributed by atoms with Crippen LogP contribution in [0.3, 0.4) is 0 Å². The number of aromatic nitrogens is 1. The first-order chi connectivity index (χ1) is 9.11. The molecule has 0 aliphatic carbocycles. The van der Waals surface area contributed by atoms with E-state index in [0.29, 0.717) is 17.0 Å². The topological polar surface area (TPSA) is 50.9 Å². The Balaban J connectivity index is 2.29. The lowest BCUT2D eigenvalue weighted by Gasteiger charge is -2.17. The van der Waals surface area contributed by atoms with Crippen molar-refractivity contribution in [2.24, 2.45) is 5.84 Å². The van der Waals surface area contributed by atoms with Gasteiger partial charge in [0.15, 0.2) is 0 Å². The molecule has 2 rings (SSSR count). The SMILES string of the molecule is NNC(Cc1cc(F)ccc1Cl)c1ncccc1Br. The molecular formula is C13H12BrClFN3.